The molecule has 1 aromatic carbocycles. The van der Waals surface area contributed by atoms with Crippen LogP contribution >= 0.6 is 11.3 Å². The largest absolute Gasteiger partial charge is 0.370 e. The molecule has 2 amide bonds. The highest BCUT2D eigenvalue weighted by atomic mass is 32.1. The molecule has 0 saturated carbocycles. The molecule has 7 heteroatoms. The molecule has 29 heavy (non-hydrogen) atoms. The fraction of sp³-hybridized carbons (Fsp3) is 0.545. The molecular formula is C22H31N3O3S. The summed E-state index contributed by atoms with van der Waals surface area (Å²) >= 11 is 1.50. The third-order valence-electron chi connectivity index (χ3n) is 5.01. The zero-order valence-corrected chi connectivity index (χ0v) is 18.6. The number of hydrogen-bond donors (Lipinski definition) is 1. The SMILES string of the molecule is CC(C)CC(=O)N1CCOC(c2c(C(=O)NCCN(C)C)sc3ccccc23)C1. The Kier molecular flexibility index (Phi) is 7.27. The molecule has 0 spiro atoms. The van der Waals surface area contributed by atoms with Gasteiger partial charge in [0.15, 0.2) is 0 Å². The summed E-state index contributed by atoms with van der Waals surface area (Å²) in [6.45, 7) is 7.06. The number of rotatable bonds is 7. The number of ether oxygens (including phenoxy) is 1. The van der Waals surface area contributed by atoms with Gasteiger partial charge in [-0.15, -0.1) is 11.3 Å². The lowest BCUT2D eigenvalue weighted by Crippen LogP contribution is -2.43. The lowest BCUT2D eigenvalue weighted by molar-refractivity contribution is -0.139. The Morgan fingerprint density at radius 1 is 1.31 bits per heavy atom. The Hall–Kier alpha value is -1.96. The molecule has 1 atom stereocenters. The molecule has 0 radical (unpaired) electrons. The van der Waals surface area contributed by atoms with Crippen LogP contribution in [0.3, 0.4) is 0 Å². The molecule has 158 valence electrons. The van der Waals surface area contributed by atoms with Crippen molar-refractivity contribution in [3.63, 3.8) is 0 Å². The average molecular weight is 418 g/mol. The molecule has 0 aliphatic carbocycles. The predicted octanol–water partition coefficient (Wildman–Crippen LogP) is 3.14. The second-order valence-electron chi connectivity index (χ2n) is 8.20. The molecule has 1 aromatic heterocycles. The summed E-state index contributed by atoms with van der Waals surface area (Å²) in [6, 6.07) is 8.04. The summed E-state index contributed by atoms with van der Waals surface area (Å²) in [6.07, 6.45) is 0.250. The van der Waals surface area contributed by atoms with E-state index in [0.717, 1.165) is 22.2 Å². The number of nitrogens with zero attached hydrogens (tertiary/aromatic N) is 2. The van der Waals surface area contributed by atoms with Crippen LogP contribution in [0.15, 0.2) is 24.3 Å². The Morgan fingerprint density at radius 3 is 2.79 bits per heavy atom. The number of morpholine rings is 1. The molecule has 1 saturated heterocycles. The first-order valence-electron chi connectivity index (χ1n) is 10.2. The quantitative estimate of drug-likeness (QED) is 0.752. The number of hydrogen-bond acceptors (Lipinski definition) is 5. The van der Waals surface area contributed by atoms with Crippen LogP contribution in [0, 0.1) is 5.92 Å². The Morgan fingerprint density at radius 2 is 2.07 bits per heavy atom. The van der Waals surface area contributed by atoms with Gasteiger partial charge < -0.3 is 19.9 Å². The van der Waals surface area contributed by atoms with Crippen LogP contribution in [0.5, 0.6) is 0 Å². The van der Waals surface area contributed by atoms with Crippen LogP contribution in [0.25, 0.3) is 10.1 Å². The molecule has 2 heterocycles. The third-order valence-corrected chi connectivity index (χ3v) is 6.19. The van der Waals surface area contributed by atoms with Crippen molar-refractivity contribution in [1.29, 1.82) is 0 Å². The molecule has 1 aliphatic rings. The van der Waals surface area contributed by atoms with Crippen molar-refractivity contribution in [2.24, 2.45) is 5.92 Å². The summed E-state index contributed by atoms with van der Waals surface area (Å²) in [5.41, 5.74) is 0.912. The lowest BCUT2D eigenvalue weighted by atomic mass is 10.0. The normalized spacial score (nSPS) is 17.3. The van der Waals surface area contributed by atoms with E-state index in [2.05, 4.69) is 19.2 Å². The van der Waals surface area contributed by atoms with Crippen LogP contribution in [0.2, 0.25) is 0 Å². The van der Waals surface area contributed by atoms with Crippen LogP contribution in [-0.4, -0.2) is 68.5 Å². The standard InChI is InChI=1S/C22H31N3O3S/c1-15(2)13-19(26)25-11-12-28-17(14-25)20-16-7-5-6-8-18(16)29-21(20)22(27)23-9-10-24(3)4/h5-8,15,17H,9-14H2,1-4H3,(H,23,27). The van der Waals surface area contributed by atoms with Gasteiger partial charge in [0.1, 0.15) is 6.10 Å². The highest BCUT2D eigenvalue weighted by molar-refractivity contribution is 7.21. The fourth-order valence-electron chi connectivity index (χ4n) is 3.56. The zero-order chi connectivity index (χ0) is 21.0. The first-order chi connectivity index (χ1) is 13.9. The van der Waals surface area contributed by atoms with E-state index in [4.69, 9.17) is 4.74 Å². The minimum atomic E-state index is -0.286. The summed E-state index contributed by atoms with van der Waals surface area (Å²) in [4.78, 5) is 30.2. The number of carbonyl (C=O) groups is 2. The highest BCUT2D eigenvalue weighted by Gasteiger charge is 2.31. The Bertz CT molecular complexity index is 862. The van der Waals surface area contributed by atoms with Crippen LogP contribution < -0.4 is 5.32 Å². The monoisotopic (exact) mass is 417 g/mol. The predicted molar refractivity (Wildman–Crippen MR) is 117 cm³/mol. The Labute approximate surface area is 176 Å². The van der Waals surface area contributed by atoms with Crippen molar-refractivity contribution in [3.8, 4) is 0 Å². The van der Waals surface area contributed by atoms with Crippen LogP contribution in [0.4, 0.5) is 0 Å². The summed E-state index contributed by atoms with van der Waals surface area (Å²) < 4.78 is 7.14. The highest BCUT2D eigenvalue weighted by Crippen LogP contribution is 2.38. The molecular weight excluding hydrogens is 386 g/mol. The van der Waals surface area contributed by atoms with E-state index < -0.39 is 0 Å². The van der Waals surface area contributed by atoms with E-state index in [9.17, 15) is 9.59 Å². The smallest absolute Gasteiger partial charge is 0.261 e. The van der Waals surface area contributed by atoms with Gasteiger partial charge in [0.05, 0.1) is 18.0 Å². The van der Waals surface area contributed by atoms with Crippen molar-refractivity contribution in [2.45, 2.75) is 26.4 Å². The van der Waals surface area contributed by atoms with Gasteiger partial charge in [0.25, 0.3) is 5.91 Å². The van der Waals surface area contributed by atoms with Crippen molar-refractivity contribution >= 4 is 33.2 Å². The Balaban J connectivity index is 1.87. The van der Waals surface area contributed by atoms with Gasteiger partial charge in [-0.2, -0.15) is 0 Å². The van der Waals surface area contributed by atoms with Crippen molar-refractivity contribution in [3.05, 3.63) is 34.7 Å². The van der Waals surface area contributed by atoms with E-state index in [0.29, 0.717) is 43.5 Å². The number of likely N-dealkylation sites (N-methyl/N-ethyl adjacent to an activating group) is 1. The van der Waals surface area contributed by atoms with Gasteiger partial charge in [0, 0.05) is 36.3 Å². The number of benzene rings is 1. The number of fused-ring (bicyclic) bond motifs is 1. The number of thiophene rings is 1. The number of nitrogens with one attached hydrogen (secondary N) is 1. The van der Waals surface area contributed by atoms with Crippen molar-refractivity contribution in [1.82, 2.24) is 15.1 Å². The van der Waals surface area contributed by atoms with Crippen LogP contribution in [-0.2, 0) is 9.53 Å². The molecule has 0 bridgehead atoms. The minimum absolute atomic E-state index is 0.0720. The van der Waals surface area contributed by atoms with E-state index >= 15 is 0 Å². The number of amides is 2. The zero-order valence-electron chi connectivity index (χ0n) is 17.7. The molecule has 1 N–H and O–H groups in total. The average Bonchev–Trinajstić information content (AvgIpc) is 3.07. The molecule has 1 unspecified atom stereocenters. The van der Waals surface area contributed by atoms with Gasteiger partial charge in [-0.1, -0.05) is 32.0 Å². The molecule has 1 aliphatic heterocycles. The summed E-state index contributed by atoms with van der Waals surface area (Å²) in [5, 5.41) is 4.06. The maximum atomic E-state index is 13.0. The van der Waals surface area contributed by atoms with Gasteiger partial charge in [-0.3, -0.25) is 9.59 Å². The second-order valence-corrected chi connectivity index (χ2v) is 9.25. The third kappa shape index (κ3) is 5.35. The van der Waals surface area contributed by atoms with Crippen molar-refractivity contribution < 1.29 is 14.3 Å². The van der Waals surface area contributed by atoms with Crippen molar-refractivity contribution in [2.75, 3.05) is 46.9 Å². The summed E-state index contributed by atoms with van der Waals surface area (Å²) in [7, 11) is 3.96. The van der Waals surface area contributed by atoms with E-state index in [1.54, 1.807) is 0 Å². The maximum Gasteiger partial charge on any atom is 0.261 e. The topological polar surface area (TPSA) is 61.9 Å². The minimum Gasteiger partial charge on any atom is -0.370 e. The lowest BCUT2D eigenvalue weighted by Gasteiger charge is -2.34. The van der Waals surface area contributed by atoms with Gasteiger partial charge in [-0.25, -0.2) is 0 Å². The van der Waals surface area contributed by atoms with Gasteiger partial charge >= 0.3 is 0 Å². The van der Waals surface area contributed by atoms with Gasteiger partial charge in [-0.05, 0) is 31.5 Å². The maximum absolute atomic E-state index is 13.0. The molecule has 1 fully saturated rings. The molecule has 2 aromatic rings. The second kappa shape index (κ2) is 9.69. The number of carbonyl (C=O) groups excluding carboxylic acids is 2. The van der Waals surface area contributed by atoms with Gasteiger partial charge in [0.2, 0.25) is 5.91 Å². The van der Waals surface area contributed by atoms with Crippen LogP contribution in [0.1, 0.15) is 41.6 Å². The van der Waals surface area contributed by atoms with E-state index in [-0.39, 0.29) is 17.9 Å². The fourth-order valence-corrected chi connectivity index (χ4v) is 4.73. The summed E-state index contributed by atoms with van der Waals surface area (Å²) in [5.74, 6) is 0.408. The first kappa shape index (κ1) is 21.7. The molecule has 6 nitrogen and oxygen atoms in total. The molecule has 3 rings (SSSR count). The first-order valence-corrected chi connectivity index (χ1v) is 11.0. The van der Waals surface area contributed by atoms with E-state index in [1.165, 1.54) is 11.3 Å². The van der Waals surface area contributed by atoms with E-state index in [1.807, 2.05) is 48.2 Å².